The lowest BCUT2D eigenvalue weighted by atomic mass is 10.3. The summed E-state index contributed by atoms with van der Waals surface area (Å²) in [6.07, 6.45) is 3.82. The fourth-order valence-electron chi connectivity index (χ4n) is 3.01. The van der Waals surface area contributed by atoms with Gasteiger partial charge < -0.3 is 14.5 Å². The molecule has 1 aromatic heterocycles. The predicted octanol–water partition coefficient (Wildman–Crippen LogP) is 0.230. The molecule has 3 rings (SSSR count). The molecule has 0 unspecified atom stereocenters. The second-order valence-corrected chi connectivity index (χ2v) is 5.77. The molecule has 2 fully saturated rings. The normalized spacial score (nSPS) is 19.5. The number of methoxy groups -OCH3 is 1. The lowest BCUT2D eigenvalue weighted by molar-refractivity contribution is -0.131. The molecule has 2 aliphatic rings. The van der Waals surface area contributed by atoms with Gasteiger partial charge in [-0.2, -0.15) is 0 Å². The van der Waals surface area contributed by atoms with Gasteiger partial charge in [-0.15, -0.1) is 0 Å². The molecule has 0 bridgehead atoms. The van der Waals surface area contributed by atoms with Crippen LogP contribution in [0.5, 0.6) is 5.88 Å². The summed E-state index contributed by atoms with van der Waals surface area (Å²) in [5.74, 6) is 1.74. The number of ether oxygens (including phenoxy) is 1. The van der Waals surface area contributed by atoms with Gasteiger partial charge in [0.1, 0.15) is 12.1 Å². The van der Waals surface area contributed by atoms with Crippen molar-refractivity contribution in [2.75, 3.05) is 57.8 Å². The van der Waals surface area contributed by atoms with Crippen LogP contribution in [0.25, 0.3) is 0 Å². The van der Waals surface area contributed by atoms with Crippen LogP contribution in [0.15, 0.2) is 12.4 Å². The Morgan fingerprint density at radius 3 is 2.55 bits per heavy atom. The highest BCUT2D eigenvalue weighted by molar-refractivity contribution is 5.78. The van der Waals surface area contributed by atoms with Crippen molar-refractivity contribution in [2.24, 2.45) is 0 Å². The van der Waals surface area contributed by atoms with Crippen LogP contribution in [0.1, 0.15) is 12.8 Å². The van der Waals surface area contributed by atoms with Gasteiger partial charge in [0.05, 0.1) is 13.7 Å². The number of rotatable bonds is 4. The van der Waals surface area contributed by atoms with Gasteiger partial charge in [-0.1, -0.05) is 0 Å². The summed E-state index contributed by atoms with van der Waals surface area (Å²) in [7, 11) is 1.61. The molecule has 0 radical (unpaired) electrons. The molecule has 0 aliphatic carbocycles. The number of likely N-dealkylation sites (tertiary alicyclic amines) is 1. The van der Waals surface area contributed by atoms with E-state index in [0.717, 1.165) is 57.9 Å². The zero-order chi connectivity index (χ0) is 15.4. The van der Waals surface area contributed by atoms with Crippen LogP contribution in [0.2, 0.25) is 0 Å². The van der Waals surface area contributed by atoms with Crippen LogP contribution >= 0.6 is 0 Å². The molecule has 1 amide bonds. The Morgan fingerprint density at radius 1 is 1.14 bits per heavy atom. The summed E-state index contributed by atoms with van der Waals surface area (Å²) >= 11 is 0. The second kappa shape index (κ2) is 6.91. The van der Waals surface area contributed by atoms with Crippen LogP contribution < -0.4 is 9.64 Å². The van der Waals surface area contributed by atoms with Gasteiger partial charge in [-0.3, -0.25) is 9.69 Å². The first-order valence-corrected chi connectivity index (χ1v) is 7.87. The zero-order valence-electron chi connectivity index (χ0n) is 13.1. The molecule has 1 aromatic rings. The maximum Gasteiger partial charge on any atom is 0.236 e. The molecule has 0 aromatic carbocycles. The number of hydrogen-bond acceptors (Lipinski definition) is 6. The van der Waals surface area contributed by atoms with Crippen molar-refractivity contribution in [1.29, 1.82) is 0 Å². The van der Waals surface area contributed by atoms with E-state index in [0.29, 0.717) is 12.4 Å². The van der Waals surface area contributed by atoms with E-state index in [-0.39, 0.29) is 5.91 Å². The third kappa shape index (κ3) is 3.47. The highest BCUT2D eigenvalue weighted by atomic mass is 16.5. The molecule has 0 N–H and O–H groups in total. The molecular formula is C15H23N5O2. The van der Waals surface area contributed by atoms with E-state index in [2.05, 4.69) is 19.8 Å². The van der Waals surface area contributed by atoms with E-state index in [9.17, 15) is 4.79 Å². The van der Waals surface area contributed by atoms with E-state index >= 15 is 0 Å². The van der Waals surface area contributed by atoms with Crippen molar-refractivity contribution < 1.29 is 9.53 Å². The van der Waals surface area contributed by atoms with Crippen LogP contribution in [0, 0.1) is 0 Å². The molecule has 120 valence electrons. The van der Waals surface area contributed by atoms with Crippen molar-refractivity contribution in [2.45, 2.75) is 12.8 Å². The van der Waals surface area contributed by atoms with E-state index < -0.39 is 0 Å². The average molecular weight is 305 g/mol. The zero-order valence-corrected chi connectivity index (χ0v) is 13.1. The lowest BCUT2D eigenvalue weighted by Gasteiger charge is -2.35. The Morgan fingerprint density at radius 2 is 1.86 bits per heavy atom. The smallest absolute Gasteiger partial charge is 0.236 e. The topological polar surface area (TPSA) is 61.8 Å². The molecule has 7 nitrogen and oxygen atoms in total. The Hall–Kier alpha value is -1.89. The largest absolute Gasteiger partial charge is 0.481 e. The molecule has 2 saturated heterocycles. The minimum Gasteiger partial charge on any atom is -0.481 e. The van der Waals surface area contributed by atoms with Gasteiger partial charge >= 0.3 is 0 Å². The Kier molecular flexibility index (Phi) is 4.72. The fourth-order valence-corrected chi connectivity index (χ4v) is 3.01. The van der Waals surface area contributed by atoms with Crippen LogP contribution in [0.4, 0.5) is 5.82 Å². The molecular weight excluding hydrogens is 282 g/mol. The Bertz CT molecular complexity index is 510. The van der Waals surface area contributed by atoms with Crippen molar-refractivity contribution in [3.8, 4) is 5.88 Å². The highest BCUT2D eigenvalue weighted by Crippen LogP contribution is 2.17. The summed E-state index contributed by atoms with van der Waals surface area (Å²) < 4.78 is 5.14. The van der Waals surface area contributed by atoms with Gasteiger partial charge in [-0.05, 0) is 12.8 Å². The first kappa shape index (κ1) is 15.0. The van der Waals surface area contributed by atoms with Gasteiger partial charge in [-0.25, -0.2) is 9.97 Å². The van der Waals surface area contributed by atoms with Crippen LogP contribution in [-0.2, 0) is 4.79 Å². The monoisotopic (exact) mass is 305 g/mol. The van der Waals surface area contributed by atoms with E-state index in [1.807, 2.05) is 11.0 Å². The summed E-state index contributed by atoms with van der Waals surface area (Å²) in [5, 5.41) is 0. The molecule has 7 heteroatoms. The summed E-state index contributed by atoms with van der Waals surface area (Å²) in [5.41, 5.74) is 0. The number of carbonyl (C=O) groups is 1. The van der Waals surface area contributed by atoms with E-state index in [1.54, 1.807) is 7.11 Å². The number of aromatic nitrogens is 2. The third-order valence-electron chi connectivity index (χ3n) is 4.35. The standard InChI is InChI=1S/C15H23N5O2/c1-22-14-10-13(16-12-17-14)19-8-6-18(7-9-19)11-15(21)20-4-2-3-5-20/h10,12H,2-9,11H2,1H3. The number of piperazine rings is 1. The van der Waals surface area contributed by atoms with Crippen LogP contribution in [0.3, 0.4) is 0 Å². The van der Waals surface area contributed by atoms with Crippen LogP contribution in [-0.4, -0.2) is 78.6 Å². The number of amides is 1. The van der Waals surface area contributed by atoms with Gasteiger partial charge in [0.15, 0.2) is 0 Å². The molecule has 3 heterocycles. The van der Waals surface area contributed by atoms with Gasteiger partial charge in [0.2, 0.25) is 11.8 Å². The summed E-state index contributed by atoms with van der Waals surface area (Å²) in [6, 6.07) is 1.85. The quantitative estimate of drug-likeness (QED) is 0.793. The second-order valence-electron chi connectivity index (χ2n) is 5.77. The minimum absolute atomic E-state index is 0.273. The predicted molar refractivity (Wildman–Crippen MR) is 83.1 cm³/mol. The minimum atomic E-state index is 0.273. The number of hydrogen-bond donors (Lipinski definition) is 0. The lowest BCUT2D eigenvalue weighted by Crippen LogP contribution is -2.50. The first-order valence-electron chi connectivity index (χ1n) is 7.87. The van der Waals surface area contributed by atoms with E-state index in [4.69, 9.17) is 4.74 Å². The van der Waals surface area contributed by atoms with Crippen molar-refractivity contribution in [3.63, 3.8) is 0 Å². The maximum atomic E-state index is 12.2. The van der Waals surface area contributed by atoms with Crippen molar-refractivity contribution in [1.82, 2.24) is 19.8 Å². The van der Waals surface area contributed by atoms with E-state index in [1.165, 1.54) is 6.33 Å². The number of carbonyl (C=O) groups excluding carboxylic acids is 1. The SMILES string of the molecule is COc1cc(N2CCN(CC(=O)N3CCCC3)CC2)ncn1. The molecule has 0 spiro atoms. The summed E-state index contributed by atoms with van der Waals surface area (Å²) in [6.45, 7) is 5.90. The Labute approximate surface area is 130 Å². The third-order valence-corrected chi connectivity index (χ3v) is 4.35. The van der Waals surface area contributed by atoms with Gasteiger partial charge in [0.25, 0.3) is 0 Å². The fraction of sp³-hybridized carbons (Fsp3) is 0.667. The number of anilines is 1. The molecule has 2 aliphatic heterocycles. The molecule has 0 atom stereocenters. The molecule has 22 heavy (non-hydrogen) atoms. The first-order chi connectivity index (χ1) is 10.8. The maximum absolute atomic E-state index is 12.2. The molecule has 0 saturated carbocycles. The van der Waals surface area contributed by atoms with Crippen molar-refractivity contribution >= 4 is 11.7 Å². The average Bonchev–Trinajstić information content (AvgIpc) is 3.10. The Balaban J connectivity index is 1.50. The number of nitrogens with zero attached hydrogens (tertiary/aromatic N) is 5. The summed E-state index contributed by atoms with van der Waals surface area (Å²) in [4.78, 5) is 26.9. The highest BCUT2D eigenvalue weighted by Gasteiger charge is 2.24. The van der Waals surface area contributed by atoms with Crippen molar-refractivity contribution in [3.05, 3.63) is 12.4 Å². The van der Waals surface area contributed by atoms with Gasteiger partial charge in [0, 0.05) is 45.3 Å².